The van der Waals surface area contributed by atoms with Crippen LogP contribution in [0.15, 0.2) is 36.8 Å². The molecular weight excluding hydrogens is 202 g/mol. The summed E-state index contributed by atoms with van der Waals surface area (Å²) in [6, 6.07) is 5.77. The first-order valence-corrected chi connectivity index (χ1v) is 5.02. The molecular formula is C11H13N5. The molecule has 0 radical (unpaired) electrons. The summed E-state index contributed by atoms with van der Waals surface area (Å²) >= 11 is 0. The van der Waals surface area contributed by atoms with Gasteiger partial charge in [-0.2, -0.15) is 4.98 Å². The Bertz CT molecular complexity index is 443. The summed E-state index contributed by atoms with van der Waals surface area (Å²) in [5, 5.41) is 6.11. The summed E-state index contributed by atoms with van der Waals surface area (Å²) in [4.78, 5) is 12.3. The fourth-order valence-electron chi connectivity index (χ4n) is 1.27. The van der Waals surface area contributed by atoms with Gasteiger partial charge in [0.05, 0.1) is 0 Å². The molecule has 0 aliphatic rings. The number of hydrogen-bond donors (Lipinski definition) is 2. The maximum atomic E-state index is 4.26. The van der Waals surface area contributed by atoms with Gasteiger partial charge in [-0.1, -0.05) is 0 Å². The Morgan fingerprint density at radius 3 is 2.69 bits per heavy atom. The van der Waals surface area contributed by atoms with Crippen LogP contribution in [-0.4, -0.2) is 22.0 Å². The van der Waals surface area contributed by atoms with E-state index >= 15 is 0 Å². The average Bonchev–Trinajstić information content (AvgIpc) is 2.38. The molecule has 0 unspecified atom stereocenters. The van der Waals surface area contributed by atoms with Gasteiger partial charge in [0.2, 0.25) is 5.95 Å². The second kappa shape index (κ2) is 5.06. The largest absolute Gasteiger partial charge is 0.366 e. The number of aromatic nitrogens is 3. The smallest absolute Gasteiger partial charge is 0.224 e. The van der Waals surface area contributed by atoms with Gasteiger partial charge in [0.1, 0.15) is 5.82 Å². The first-order valence-electron chi connectivity index (χ1n) is 5.02. The Balaban J connectivity index is 1.99. The lowest BCUT2D eigenvalue weighted by Crippen LogP contribution is -2.03. The molecule has 5 nitrogen and oxygen atoms in total. The second-order valence-electron chi connectivity index (χ2n) is 3.22. The Kier molecular flexibility index (Phi) is 3.28. The minimum atomic E-state index is 0.611. The number of nitrogens with one attached hydrogen (secondary N) is 2. The highest BCUT2D eigenvalue weighted by Crippen LogP contribution is 2.07. The predicted molar refractivity (Wildman–Crippen MR) is 63.1 cm³/mol. The summed E-state index contributed by atoms with van der Waals surface area (Å²) in [6.07, 6.45) is 5.26. The molecule has 16 heavy (non-hydrogen) atoms. The van der Waals surface area contributed by atoms with E-state index in [0.29, 0.717) is 5.95 Å². The third-order valence-electron chi connectivity index (χ3n) is 2.10. The van der Waals surface area contributed by atoms with Crippen LogP contribution in [0.4, 0.5) is 11.8 Å². The third kappa shape index (κ3) is 2.66. The zero-order valence-corrected chi connectivity index (χ0v) is 9.01. The van der Waals surface area contributed by atoms with Gasteiger partial charge in [0, 0.05) is 32.2 Å². The van der Waals surface area contributed by atoms with E-state index < -0.39 is 0 Å². The van der Waals surface area contributed by atoms with Gasteiger partial charge >= 0.3 is 0 Å². The van der Waals surface area contributed by atoms with E-state index in [1.54, 1.807) is 25.6 Å². The average molecular weight is 215 g/mol. The van der Waals surface area contributed by atoms with Gasteiger partial charge in [0.25, 0.3) is 0 Å². The molecule has 5 heteroatoms. The molecule has 82 valence electrons. The standard InChI is InChI=1S/C11H13N5/c1-12-11-14-7-4-10(16-11)15-8-9-2-5-13-6-3-9/h2-7H,8H2,1H3,(H2,12,14,15,16). The molecule has 0 spiro atoms. The van der Waals surface area contributed by atoms with Crippen molar-refractivity contribution in [1.29, 1.82) is 0 Å². The Morgan fingerprint density at radius 1 is 1.12 bits per heavy atom. The lowest BCUT2D eigenvalue weighted by atomic mass is 10.3. The van der Waals surface area contributed by atoms with E-state index in [2.05, 4.69) is 25.6 Å². The highest BCUT2D eigenvalue weighted by atomic mass is 15.1. The first kappa shape index (κ1) is 10.4. The van der Waals surface area contributed by atoms with Crippen molar-refractivity contribution in [2.45, 2.75) is 6.54 Å². The summed E-state index contributed by atoms with van der Waals surface area (Å²) in [5.74, 6) is 1.41. The molecule has 0 saturated heterocycles. The van der Waals surface area contributed by atoms with Crippen molar-refractivity contribution < 1.29 is 0 Å². The van der Waals surface area contributed by atoms with Crippen molar-refractivity contribution in [3.8, 4) is 0 Å². The maximum absolute atomic E-state index is 4.26. The third-order valence-corrected chi connectivity index (χ3v) is 2.10. The van der Waals surface area contributed by atoms with Crippen molar-refractivity contribution in [2.75, 3.05) is 17.7 Å². The molecule has 2 heterocycles. The highest BCUT2D eigenvalue weighted by Gasteiger charge is 1.96. The number of nitrogens with zero attached hydrogens (tertiary/aromatic N) is 3. The van der Waals surface area contributed by atoms with Crippen molar-refractivity contribution in [2.24, 2.45) is 0 Å². The molecule has 2 N–H and O–H groups in total. The molecule has 0 fully saturated rings. The maximum Gasteiger partial charge on any atom is 0.224 e. The van der Waals surface area contributed by atoms with E-state index in [9.17, 15) is 0 Å². The fourth-order valence-corrected chi connectivity index (χ4v) is 1.27. The van der Waals surface area contributed by atoms with Crippen molar-refractivity contribution >= 4 is 11.8 Å². The number of hydrogen-bond acceptors (Lipinski definition) is 5. The minimum Gasteiger partial charge on any atom is -0.366 e. The summed E-state index contributed by atoms with van der Waals surface area (Å²) in [5.41, 5.74) is 1.17. The van der Waals surface area contributed by atoms with Gasteiger partial charge < -0.3 is 10.6 Å². The Morgan fingerprint density at radius 2 is 1.94 bits per heavy atom. The van der Waals surface area contributed by atoms with E-state index in [-0.39, 0.29) is 0 Å². The molecule has 0 aromatic carbocycles. The topological polar surface area (TPSA) is 62.7 Å². The van der Waals surface area contributed by atoms with Crippen molar-refractivity contribution in [3.05, 3.63) is 42.4 Å². The van der Waals surface area contributed by atoms with Gasteiger partial charge in [-0.15, -0.1) is 0 Å². The highest BCUT2D eigenvalue weighted by molar-refractivity contribution is 5.39. The van der Waals surface area contributed by atoms with Crippen LogP contribution in [0, 0.1) is 0 Å². The van der Waals surface area contributed by atoms with Crippen LogP contribution in [0.5, 0.6) is 0 Å². The van der Waals surface area contributed by atoms with Gasteiger partial charge in [-0.3, -0.25) is 4.98 Å². The van der Waals surface area contributed by atoms with E-state index in [0.717, 1.165) is 12.4 Å². The van der Waals surface area contributed by atoms with Crippen LogP contribution in [0.25, 0.3) is 0 Å². The quantitative estimate of drug-likeness (QED) is 0.809. The molecule has 0 aliphatic heterocycles. The van der Waals surface area contributed by atoms with Crippen LogP contribution >= 0.6 is 0 Å². The van der Waals surface area contributed by atoms with E-state index in [1.165, 1.54) is 5.56 Å². The molecule has 2 aromatic rings. The van der Waals surface area contributed by atoms with Gasteiger partial charge in [-0.05, 0) is 23.8 Å². The molecule has 0 bridgehead atoms. The number of rotatable bonds is 4. The Hall–Kier alpha value is -2.17. The minimum absolute atomic E-state index is 0.611. The zero-order chi connectivity index (χ0) is 11.2. The van der Waals surface area contributed by atoms with Crippen molar-refractivity contribution in [3.63, 3.8) is 0 Å². The molecule has 2 aromatic heterocycles. The van der Waals surface area contributed by atoms with Crippen LogP contribution in [0.2, 0.25) is 0 Å². The van der Waals surface area contributed by atoms with Crippen molar-refractivity contribution in [1.82, 2.24) is 15.0 Å². The molecule has 0 atom stereocenters. The molecule has 2 rings (SSSR count). The fraction of sp³-hybridized carbons (Fsp3) is 0.182. The lowest BCUT2D eigenvalue weighted by Gasteiger charge is -2.06. The second-order valence-corrected chi connectivity index (χ2v) is 3.22. The molecule has 0 aliphatic carbocycles. The molecule has 0 amide bonds. The number of pyridine rings is 1. The lowest BCUT2D eigenvalue weighted by molar-refractivity contribution is 1.07. The van der Waals surface area contributed by atoms with Crippen LogP contribution < -0.4 is 10.6 Å². The first-order chi connectivity index (χ1) is 7.88. The summed E-state index contributed by atoms with van der Waals surface area (Å²) in [7, 11) is 1.79. The van der Waals surface area contributed by atoms with E-state index in [4.69, 9.17) is 0 Å². The van der Waals surface area contributed by atoms with Gasteiger partial charge in [0.15, 0.2) is 0 Å². The van der Waals surface area contributed by atoms with Crippen LogP contribution in [0.3, 0.4) is 0 Å². The number of anilines is 2. The normalized spacial score (nSPS) is 9.81. The van der Waals surface area contributed by atoms with Crippen LogP contribution in [-0.2, 0) is 6.54 Å². The molecule has 0 saturated carbocycles. The summed E-state index contributed by atoms with van der Waals surface area (Å²) < 4.78 is 0. The van der Waals surface area contributed by atoms with E-state index in [1.807, 2.05) is 18.2 Å². The monoisotopic (exact) mass is 215 g/mol. The summed E-state index contributed by atoms with van der Waals surface area (Å²) in [6.45, 7) is 0.725. The van der Waals surface area contributed by atoms with Gasteiger partial charge in [-0.25, -0.2) is 4.98 Å². The zero-order valence-electron chi connectivity index (χ0n) is 9.01. The SMILES string of the molecule is CNc1nccc(NCc2ccncc2)n1. The van der Waals surface area contributed by atoms with Crippen LogP contribution in [0.1, 0.15) is 5.56 Å². The predicted octanol–water partition coefficient (Wildman–Crippen LogP) is 1.53. The Labute approximate surface area is 94.0 Å².